The lowest BCUT2D eigenvalue weighted by atomic mass is 10.2. The SMILES string of the molecule is CCOC(=O)c1cnc(NNC(=O)c2ccco2)nc1C(F)(F)F. The molecule has 0 aliphatic rings. The van der Waals surface area contributed by atoms with E-state index in [-0.39, 0.29) is 12.4 Å². The van der Waals surface area contributed by atoms with Crippen molar-refractivity contribution in [3.8, 4) is 0 Å². The number of furan rings is 1. The van der Waals surface area contributed by atoms with E-state index in [0.717, 1.165) is 0 Å². The minimum absolute atomic E-state index is 0.0679. The molecule has 2 aromatic heterocycles. The van der Waals surface area contributed by atoms with Crippen molar-refractivity contribution in [2.45, 2.75) is 13.1 Å². The molecular weight excluding hydrogens is 333 g/mol. The number of nitrogens with zero attached hydrogens (tertiary/aromatic N) is 2. The van der Waals surface area contributed by atoms with Gasteiger partial charge in [-0.1, -0.05) is 0 Å². The van der Waals surface area contributed by atoms with E-state index in [2.05, 4.69) is 25.6 Å². The zero-order chi connectivity index (χ0) is 17.7. The molecule has 0 unspecified atom stereocenters. The van der Waals surface area contributed by atoms with Gasteiger partial charge in [-0.15, -0.1) is 0 Å². The van der Waals surface area contributed by atoms with E-state index in [0.29, 0.717) is 6.20 Å². The van der Waals surface area contributed by atoms with Crippen LogP contribution in [0.5, 0.6) is 0 Å². The van der Waals surface area contributed by atoms with Crippen LogP contribution in [-0.4, -0.2) is 28.5 Å². The summed E-state index contributed by atoms with van der Waals surface area (Å²) in [5.74, 6) is -2.57. The smallest absolute Gasteiger partial charge is 0.434 e. The topological polar surface area (TPSA) is 106 Å². The summed E-state index contributed by atoms with van der Waals surface area (Å²) in [5, 5.41) is 0. The number of aromatic nitrogens is 2. The molecule has 1 amide bonds. The van der Waals surface area contributed by atoms with Gasteiger partial charge in [0, 0.05) is 6.20 Å². The highest BCUT2D eigenvalue weighted by Crippen LogP contribution is 2.31. The molecular formula is C13H11F3N4O4. The number of hydrogen-bond acceptors (Lipinski definition) is 7. The molecule has 0 aromatic carbocycles. The van der Waals surface area contributed by atoms with Crippen molar-refractivity contribution in [3.63, 3.8) is 0 Å². The fourth-order valence-electron chi connectivity index (χ4n) is 1.60. The summed E-state index contributed by atoms with van der Waals surface area (Å²) < 4.78 is 48.4. The van der Waals surface area contributed by atoms with Crippen LogP contribution in [0.4, 0.5) is 19.1 Å². The summed E-state index contributed by atoms with van der Waals surface area (Å²) in [6.45, 7) is 1.35. The predicted octanol–water partition coefficient (Wildman–Crippen LogP) is 2.02. The Morgan fingerprint density at radius 2 is 2.12 bits per heavy atom. The largest absolute Gasteiger partial charge is 0.462 e. The summed E-state index contributed by atoms with van der Waals surface area (Å²) in [5.41, 5.74) is 1.86. The maximum absolute atomic E-state index is 13.0. The van der Waals surface area contributed by atoms with Crippen LogP contribution in [-0.2, 0) is 10.9 Å². The number of alkyl halides is 3. The molecule has 0 fully saturated rings. The summed E-state index contributed by atoms with van der Waals surface area (Å²) in [4.78, 5) is 29.9. The molecule has 2 heterocycles. The fraction of sp³-hybridized carbons (Fsp3) is 0.231. The molecule has 11 heteroatoms. The summed E-state index contributed by atoms with van der Waals surface area (Å²) in [6.07, 6.45) is -3.00. The van der Waals surface area contributed by atoms with Gasteiger partial charge in [-0.05, 0) is 19.1 Å². The Labute approximate surface area is 133 Å². The van der Waals surface area contributed by atoms with E-state index in [1.54, 1.807) is 0 Å². The molecule has 0 atom stereocenters. The molecule has 2 rings (SSSR count). The Bertz CT molecular complexity index is 731. The van der Waals surface area contributed by atoms with Gasteiger partial charge in [0.25, 0.3) is 0 Å². The normalized spacial score (nSPS) is 11.0. The van der Waals surface area contributed by atoms with Crippen LogP contribution in [0.15, 0.2) is 29.0 Å². The number of carbonyl (C=O) groups is 2. The van der Waals surface area contributed by atoms with Gasteiger partial charge >= 0.3 is 18.1 Å². The quantitative estimate of drug-likeness (QED) is 0.631. The van der Waals surface area contributed by atoms with Crippen molar-refractivity contribution < 1.29 is 31.9 Å². The van der Waals surface area contributed by atoms with Crippen LogP contribution in [0.1, 0.15) is 33.5 Å². The van der Waals surface area contributed by atoms with E-state index < -0.39 is 35.3 Å². The Balaban J connectivity index is 2.20. The highest BCUT2D eigenvalue weighted by molar-refractivity contribution is 5.92. The molecule has 0 spiro atoms. The molecule has 0 bridgehead atoms. The number of halogens is 3. The number of nitrogens with one attached hydrogen (secondary N) is 2. The molecule has 2 N–H and O–H groups in total. The third kappa shape index (κ3) is 4.00. The van der Waals surface area contributed by atoms with E-state index in [4.69, 9.17) is 4.42 Å². The predicted molar refractivity (Wildman–Crippen MR) is 72.8 cm³/mol. The van der Waals surface area contributed by atoms with Crippen molar-refractivity contribution in [3.05, 3.63) is 41.6 Å². The zero-order valence-corrected chi connectivity index (χ0v) is 12.2. The summed E-state index contributed by atoms with van der Waals surface area (Å²) in [6, 6.07) is 2.81. The Kier molecular flexibility index (Phi) is 5.02. The molecule has 0 radical (unpaired) electrons. The minimum atomic E-state index is -4.91. The number of anilines is 1. The van der Waals surface area contributed by atoms with E-state index in [1.807, 2.05) is 0 Å². The second kappa shape index (κ2) is 6.98. The van der Waals surface area contributed by atoms with Gasteiger partial charge < -0.3 is 9.15 Å². The average molecular weight is 344 g/mol. The molecule has 0 aliphatic carbocycles. The van der Waals surface area contributed by atoms with E-state index in [9.17, 15) is 22.8 Å². The highest BCUT2D eigenvalue weighted by atomic mass is 19.4. The summed E-state index contributed by atoms with van der Waals surface area (Å²) in [7, 11) is 0. The lowest BCUT2D eigenvalue weighted by molar-refractivity contribution is -0.141. The first-order chi connectivity index (χ1) is 11.3. The van der Waals surface area contributed by atoms with Gasteiger partial charge in [0.05, 0.1) is 12.9 Å². The first kappa shape index (κ1) is 17.2. The van der Waals surface area contributed by atoms with Crippen LogP contribution in [0, 0.1) is 0 Å². The number of hydrogen-bond donors (Lipinski definition) is 2. The number of rotatable bonds is 5. The second-order valence-electron chi connectivity index (χ2n) is 4.23. The molecule has 24 heavy (non-hydrogen) atoms. The molecule has 0 saturated heterocycles. The number of amides is 1. The Morgan fingerprint density at radius 1 is 1.38 bits per heavy atom. The van der Waals surface area contributed by atoms with Crippen molar-refractivity contribution in [1.82, 2.24) is 15.4 Å². The van der Waals surface area contributed by atoms with Gasteiger partial charge in [0.15, 0.2) is 11.5 Å². The third-order valence-corrected chi connectivity index (χ3v) is 2.59. The number of esters is 1. The maximum atomic E-state index is 13.0. The van der Waals surface area contributed by atoms with Crippen LogP contribution in [0.25, 0.3) is 0 Å². The second-order valence-corrected chi connectivity index (χ2v) is 4.23. The number of carbonyl (C=O) groups excluding carboxylic acids is 2. The van der Waals surface area contributed by atoms with Gasteiger partial charge in [-0.3, -0.25) is 15.6 Å². The number of ether oxygens (including phenoxy) is 1. The monoisotopic (exact) mass is 344 g/mol. The van der Waals surface area contributed by atoms with Gasteiger partial charge in [0.2, 0.25) is 5.95 Å². The maximum Gasteiger partial charge on any atom is 0.434 e. The molecule has 2 aromatic rings. The lowest BCUT2D eigenvalue weighted by Gasteiger charge is -2.12. The van der Waals surface area contributed by atoms with Gasteiger partial charge in [-0.25, -0.2) is 14.8 Å². The molecule has 8 nitrogen and oxygen atoms in total. The standard InChI is InChI=1S/C13H11F3N4O4/c1-2-23-11(22)7-6-17-12(18-9(7)13(14,15)16)20-19-10(21)8-4-3-5-24-8/h3-6H,2H2,1H3,(H,19,21)(H,17,18,20). The average Bonchev–Trinajstić information content (AvgIpc) is 3.06. The lowest BCUT2D eigenvalue weighted by Crippen LogP contribution is -2.31. The molecule has 0 aliphatic heterocycles. The van der Waals surface area contributed by atoms with Crippen LogP contribution < -0.4 is 10.9 Å². The van der Waals surface area contributed by atoms with E-state index in [1.165, 1.54) is 25.3 Å². The Hall–Kier alpha value is -3.11. The van der Waals surface area contributed by atoms with Crippen molar-refractivity contribution >= 4 is 17.8 Å². The van der Waals surface area contributed by atoms with Gasteiger partial charge in [0.1, 0.15) is 5.56 Å². The van der Waals surface area contributed by atoms with Gasteiger partial charge in [-0.2, -0.15) is 13.2 Å². The zero-order valence-electron chi connectivity index (χ0n) is 12.2. The summed E-state index contributed by atoms with van der Waals surface area (Å²) >= 11 is 0. The minimum Gasteiger partial charge on any atom is -0.462 e. The van der Waals surface area contributed by atoms with Crippen LogP contribution in [0.3, 0.4) is 0 Å². The highest BCUT2D eigenvalue weighted by Gasteiger charge is 2.38. The Morgan fingerprint density at radius 3 is 2.71 bits per heavy atom. The van der Waals surface area contributed by atoms with Crippen molar-refractivity contribution in [1.29, 1.82) is 0 Å². The van der Waals surface area contributed by atoms with Crippen molar-refractivity contribution in [2.75, 3.05) is 12.0 Å². The first-order valence-corrected chi connectivity index (χ1v) is 6.54. The third-order valence-electron chi connectivity index (χ3n) is 2.59. The van der Waals surface area contributed by atoms with Crippen LogP contribution in [0.2, 0.25) is 0 Å². The molecule has 0 saturated carbocycles. The van der Waals surface area contributed by atoms with Crippen LogP contribution >= 0.6 is 0 Å². The van der Waals surface area contributed by atoms with E-state index >= 15 is 0 Å². The fourth-order valence-corrected chi connectivity index (χ4v) is 1.60. The van der Waals surface area contributed by atoms with Crippen molar-refractivity contribution in [2.24, 2.45) is 0 Å². The first-order valence-electron chi connectivity index (χ1n) is 6.54. The molecule has 128 valence electrons. The number of hydrazine groups is 1.